The second-order valence-electron chi connectivity index (χ2n) is 9.44. The molecule has 1 aliphatic heterocycles. The summed E-state index contributed by atoms with van der Waals surface area (Å²) in [5.74, 6) is 0.289. The number of anilines is 1. The Balaban J connectivity index is 1.41. The number of carbonyl (C=O) groups excluding carboxylic acids is 3. The molecule has 0 bridgehead atoms. The van der Waals surface area contributed by atoms with Crippen molar-refractivity contribution < 1.29 is 28.3 Å². The van der Waals surface area contributed by atoms with Crippen LogP contribution in [0.5, 0.6) is 5.75 Å². The molecule has 2 heterocycles. The number of cyclic esters (lactones) is 1. The molecule has 9 nitrogen and oxygen atoms in total. The van der Waals surface area contributed by atoms with E-state index in [-0.39, 0.29) is 24.9 Å². The second-order valence-corrected chi connectivity index (χ2v) is 9.44. The van der Waals surface area contributed by atoms with Crippen LogP contribution in [-0.4, -0.2) is 36.0 Å². The minimum Gasteiger partial charge on any atom is -0.496 e. The average Bonchev–Trinajstić information content (AvgIpc) is 3.61. The predicted octanol–water partition coefficient (Wildman–Crippen LogP) is 5.23. The van der Waals surface area contributed by atoms with Gasteiger partial charge in [-0.2, -0.15) is 0 Å². The number of carbonyl (C=O) groups is 3. The van der Waals surface area contributed by atoms with Crippen LogP contribution < -0.4 is 15.4 Å². The Morgan fingerprint density at radius 2 is 1.77 bits per heavy atom. The zero-order chi connectivity index (χ0) is 28.1. The van der Waals surface area contributed by atoms with Crippen LogP contribution in [0.25, 0.3) is 0 Å². The Bertz CT molecular complexity index is 1500. The van der Waals surface area contributed by atoms with Crippen molar-refractivity contribution in [2.45, 2.75) is 32.2 Å². The van der Waals surface area contributed by atoms with E-state index < -0.39 is 18.2 Å². The molecule has 1 saturated heterocycles. The van der Waals surface area contributed by atoms with E-state index in [2.05, 4.69) is 10.6 Å². The summed E-state index contributed by atoms with van der Waals surface area (Å²) in [6.07, 6.45) is 0.0194. The average molecular weight is 540 g/mol. The summed E-state index contributed by atoms with van der Waals surface area (Å²) in [5, 5.41) is 5.73. The molecule has 1 aromatic heterocycles. The highest BCUT2D eigenvalue weighted by molar-refractivity contribution is 6.06. The first-order valence-electron chi connectivity index (χ1n) is 12.8. The Morgan fingerprint density at radius 3 is 2.52 bits per heavy atom. The quantitative estimate of drug-likeness (QED) is 0.302. The molecule has 3 amide bonds. The number of methoxy groups -OCH3 is 1. The molecule has 9 heteroatoms. The number of nitrogens with zero attached hydrogens (tertiary/aromatic N) is 1. The molecular weight excluding hydrogens is 510 g/mol. The monoisotopic (exact) mass is 539 g/mol. The summed E-state index contributed by atoms with van der Waals surface area (Å²) >= 11 is 0. The molecule has 3 aromatic carbocycles. The third-order valence-corrected chi connectivity index (χ3v) is 6.67. The van der Waals surface area contributed by atoms with Gasteiger partial charge in [-0.1, -0.05) is 54.1 Å². The molecule has 40 heavy (non-hydrogen) atoms. The number of benzene rings is 3. The van der Waals surface area contributed by atoms with E-state index in [1.165, 1.54) is 18.3 Å². The number of furan rings is 1. The van der Waals surface area contributed by atoms with Crippen LogP contribution in [0.3, 0.4) is 0 Å². The van der Waals surface area contributed by atoms with Gasteiger partial charge in [0.15, 0.2) is 12.1 Å². The lowest BCUT2D eigenvalue weighted by Gasteiger charge is -2.24. The minimum absolute atomic E-state index is 0.163. The van der Waals surface area contributed by atoms with E-state index in [0.717, 1.165) is 11.1 Å². The van der Waals surface area contributed by atoms with E-state index >= 15 is 0 Å². The van der Waals surface area contributed by atoms with E-state index in [9.17, 15) is 14.4 Å². The predicted molar refractivity (Wildman–Crippen MR) is 148 cm³/mol. The van der Waals surface area contributed by atoms with Crippen molar-refractivity contribution in [2.24, 2.45) is 0 Å². The van der Waals surface area contributed by atoms with Crippen LogP contribution in [0.2, 0.25) is 0 Å². The van der Waals surface area contributed by atoms with Gasteiger partial charge >= 0.3 is 6.09 Å². The van der Waals surface area contributed by atoms with Gasteiger partial charge in [-0.3, -0.25) is 14.5 Å². The van der Waals surface area contributed by atoms with Gasteiger partial charge in [0, 0.05) is 5.69 Å². The molecule has 1 fully saturated rings. The summed E-state index contributed by atoms with van der Waals surface area (Å²) in [7, 11) is 1.50. The van der Waals surface area contributed by atoms with Crippen molar-refractivity contribution in [3.05, 3.63) is 119 Å². The lowest BCUT2D eigenvalue weighted by atomic mass is 10.00. The highest BCUT2D eigenvalue weighted by Crippen LogP contribution is 2.35. The summed E-state index contributed by atoms with van der Waals surface area (Å²) in [6, 6.07) is 24.1. The Hall–Kier alpha value is -5.05. The second kappa shape index (κ2) is 11.8. The SMILES string of the molecule is COc1ccccc1C(=O)Nc1cccc(C2OC(=O)N(Cc3ccc(C)cc3)C2C(=O)NCc2ccco2)c1. The lowest BCUT2D eigenvalue weighted by Crippen LogP contribution is -2.46. The Kier molecular flexibility index (Phi) is 7.82. The van der Waals surface area contributed by atoms with E-state index in [4.69, 9.17) is 13.9 Å². The summed E-state index contributed by atoms with van der Waals surface area (Å²) < 4.78 is 16.4. The van der Waals surface area contributed by atoms with Gasteiger partial charge in [0.2, 0.25) is 5.91 Å². The van der Waals surface area contributed by atoms with Crippen molar-refractivity contribution in [3.63, 3.8) is 0 Å². The molecule has 204 valence electrons. The third kappa shape index (κ3) is 5.83. The van der Waals surface area contributed by atoms with Crippen LogP contribution in [0, 0.1) is 6.92 Å². The molecule has 0 aliphatic carbocycles. The normalized spacial score (nSPS) is 16.4. The first kappa shape index (κ1) is 26.6. The van der Waals surface area contributed by atoms with Gasteiger partial charge in [0.25, 0.3) is 5.91 Å². The van der Waals surface area contributed by atoms with Crippen molar-refractivity contribution in [1.82, 2.24) is 10.2 Å². The van der Waals surface area contributed by atoms with Gasteiger partial charge in [0.05, 0.1) is 32.0 Å². The molecule has 4 aromatic rings. The van der Waals surface area contributed by atoms with Crippen LogP contribution in [-0.2, 0) is 22.6 Å². The van der Waals surface area contributed by atoms with E-state index in [0.29, 0.717) is 28.3 Å². The van der Waals surface area contributed by atoms with Gasteiger partial charge in [-0.15, -0.1) is 0 Å². The Morgan fingerprint density at radius 1 is 0.975 bits per heavy atom. The van der Waals surface area contributed by atoms with Gasteiger partial charge in [0.1, 0.15) is 11.5 Å². The first-order chi connectivity index (χ1) is 19.4. The number of para-hydroxylation sites is 1. The summed E-state index contributed by atoms with van der Waals surface area (Å²) in [6.45, 7) is 2.34. The number of hydrogen-bond donors (Lipinski definition) is 2. The fourth-order valence-corrected chi connectivity index (χ4v) is 4.62. The maximum Gasteiger partial charge on any atom is 0.411 e. The first-order valence-corrected chi connectivity index (χ1v) is 12.8. The number of nitrogens with one attached hydrogen (secondary N) is 2. The fraction of sp³-hybridized carbons (Fsp3) is 0.194. The number of ether oxygens (including phenoxy) is 2. The highest BCUT2D eigenvalue weighted by atomic mass is 16.6. The Labute approximate surface area is 231 Å². The van der Waals surface area contributed by atoms with Gasteiger partial charge in [-0.05, 0) is 54.4 Å². The van der Waals surface area contributed by atoms with Crippen molar-refractivity contribution in [3.8, 4) is 5.75 Å². The number of rotatable bonds is 9. The summed E-state index contributed by atoms with van der Waals surface area (Å²) in [4.78, 5) is 41.0. The van der Waals surface area contributed by atoms with Gasteiger partial charge < -0.3 is 24.5 Å². The maximum atomic E-state index is 13.5. The van der Waals surface area contributed by atoms with Crippen LogP contribution in [0.1, 0.15) is 38.9 Å². The fourth-order valence-electron chi connectivity index (χ4n) is 4.62. The largest absolute Gasteiger partial charge is 0.496 e. The molecular formula is C31H29N3O6. The van der Waals surface area contributed by atoms with Gasteiger partial charge in [-0.25, -0.2) is 4.79 Å². The van der Waals surface area contributed by atoms with Crippen LogP contribution in [0.15, 0.2) is 95.6 Å². The van der Waals surface area contributed by atoms with E-state index in [1.807, 2.05) is 31.2 Å². The molecule has 5 rings (SSSR count). The molecule has 0 saturated carbocycles. The maximum absolute atomic E-state index is 13.5. The molecule has 0 radical (unpaired) electrons. The summed E-state index contributed by atoms with van der Waals surface area (Å²) in [5.41, 5.74) is 3.38. The van der Waals surface area contributed by atoms with Crippen molar-refractivity contribution in [2.75, 3.05) is 12.4 Å². The topological polar surface area (TPSA) is 110 Å². The number of hydrogen-bond acceptors (Lipinski definition) is 6. The van der Waals surface area contributed by atoms with Crippen molar-refractivity contribution in [1.29, 1.82) is 0 Å². The minimum atomic E-state index is -0.955. The molecule has 2 atom stereocenters. The smallest absolute Gasteiger partial charge is 0.411 e. The van der Waals surface area contributed by atoms with Crippen LogP contribution in [0.4, 0.5) is 10.5 Å². The molecule has 2 unspecified atom stereocenters. The molecule has 1 aliphatic rings. The lowest BCUT2D eigenvalue weighted by molar-refractivity contribution is -0.126. The molecule has 2 N–H and O–H groups in total. The number of aryl methyl sites for hydroxylation is 1. The van der Waals surface area contributed by atoms with Crippen LogP contribution >= 0.6 is 0 Å². The zero-order valence-corrected chi connectivity index (χ0v) is 22.1. The highest BCUT2D eigenvalue weighted by Gasteiger charge is 2.47. The van der Waals surface area contributed by atoms with E-state index in [1.54, 1.807) is 60.7 Å². The number of amides is 3. The zero-order valence-electron chi connectivity index (χ0n) is 22.1. The standard InChI is InChI=1S/C31H29N3O6/c1-20-12-14-21(15-13-20)19-34-27(30(36)32-18-24-9-6-16-39-24)28(40-31(34)37)22-7-5-8-23(17-22)33-29(35)25-10-3-4-11-26(25)38-2/h3-17,27-28H,18-19H2,1-2H3,(H,32,36)(H,33,35). The third-order valence-electron chi connectivity index (χ3n) is 6.67. The van der Waals surface area contributed by atoms with Crippen molar-refractivity contribution >= 4 is 23.6 Å². The molecule has 0 spiro atoms.